The zero-order chi connectivity index (χ0) is 17.7. The van der Waals surface area contributed by atoms with E-state index in [1.165, 1.54) is 13.1 Å². The molecule has 1 aromatic rings. The predicted molar refractivity (Wildman–Crippen MR) is 80.8 cm³/mol. The molecule has 2 heterocycles. The van der Waals surface area contributed by atoms with Crippen molar-refractivity contribution in [2.45, 2.75) is 32.0 Å². The van der Waals surface area contributed by atoms with E-state index >= 15 is 0 Å². The van der Waals surface area contributed by atoms with Gasteiger partial charge in [-0.05, 0) is 13.3 Å². The molecule has 24 heavy (non-hydrogen) atoms. The Balaban J connectivity index is 1.99. The van der Waals surface area contributed by atoms with Crippen LogP contribution in [0.25, 0.3) is 0 Å². The third-order valence-corrected chi connectivity index (χ3v) is 3.56. The number of carbonyl (C=O) groups is 2. The Morgan fingerprint density at radius 2 is 2.25 bits per heavy atom. The average Bonchev–Trinajstić information content (AvgIpc) is 2.51. The highest BCUT2D eigenvalue weighted by molar-refractivity contribution is 5.76. The summed E-state index contributed by atoms with van der Waals surface area (Å²) in [6.07, 6.45) is 1.28. The summed E-state index contributed by atoms with van der Waals surface area (Å²) < 4.78 is 11.6. The van der Waals surface area contributed by atoms with Crippen molar-refractivity contribution in [1.82, 2.24) is 14.9 Å². The summed E-state index contributed by atoms with van der Waals surface area (Å²) in [4.78, 5) is 47.8. The van der Waals surface area contributed by atoms with Gasteiger partial charge in [-0.2, -0.15) is 0 Å². The third kappa shape index (κ3) is 4.77. The number of hydrogen-bond acceptors (Lipinski definition) is 6. The molecule has 132 valence electrons. The molecule has 10 nitrogen and oxygen atoms in total. The number of aryl methyl sites for hydroxylation is 1. The van der Waals surface area contributed by atoms with Crippen LogP contribution in [-0.4, -0.2) is 58.5 Å². The zero-order valence-corrected chi connectivity index (χ0v) is 13.1. The number of nitrogens with zero attached hydrogens (tertiary/aromatic N) is 1. The quantitative estimate of drug-likeness (QED) is 0.556. The molecule has 2 atom stereocenters. The summed E-state index contributed by atoms with van der Waals surface area (Å²) in [5, 5.41) is 11.3. The van der Waals surface area contributed by atoms with Gasteiger partial charge in [0.2, 0.25) is 5.91 Å². The Labute approximate surface area is 136 Å². The Morgan fingerprint density at radius 1 is 1.50 bits per heavy atom. The number of carbonyl (C=O) groups excluding carboxylic acids is 1. The number of aromatic nitrogens is 2. The van der Waals surface area contributed by atoms with Crippen molar-refractivity contribution in [2.75, 3.05) is 19.8 Å². The fourth-order valence-electron chi connectivity index (χ4n) is 2.37. The number of ether oxygens (including phenoxy) is 2. The SMILES string of the molecule is Cc1cn(CC(=O)N[C@@H]2COCC[C@@H]2OCC(=O)O)c(=O)[nH]c1=O. The van der Waals surface area contributed by atoms with Crippen molar-refractivity contribution in [3.05, 3.63) is 32.6 Å². The van der Waals surface area contributed by atoms with E-state index in [1.807, 2.05) is 0 Å². The summed E-state index contributed by atoms with van der Waals surface area (Å²) in [6, 6.07) is -0.509. The van der Waals surface area contributed by atoms with Crippen LogP contribution in [0.3, 0.4) is 0 Å². The summed E-state index contributed by atoms with van der Waals surface area (Å²) in [5.41, 5.74) is -0.870. The first-order valence-electron chi connectivity index (χ1n) is 7.37. The van der Waals surface area contributed by atoms with Gasteiger partial charge in [-0.25, -0.2) is 9.59 Å². The van der Waals surface area contributed by atoms with E-state index in [1.54, 1.807) is 0 Å². The summed E-state index contributed by atoms with van der Waals surface area (Å²) in [6.45, 7) is 1.39. The highest BCUT2D eigenvalue weighted by Gasteiger charge is 2.28. The monoisotopic (exact) mass is 341 g/mol. The molecule has 1 aliphatic rings. The van der Waals surface area contributed by atoms with Crippen LogP contribution in [0.1, 0.15) is 12.0 Å². The zero-order valence-electron chi connectivity index (χ0n) is 13.1. The number of amides is 1. The molecule has 0 aliphatic carbocycles. The maximum atomic E-state index is 12.1. The molecule has 1 fully saturated rings. The van der Waals surface area contributed by atoms with Crippen molar-refractivity contribution < 1.29 is 24.2 Å². The number of rotatable bonds is 6. The van der Waals surface area contributed by atoms with Crippen LogP contribution >= 0.6 is 0 Å². The molecule has 1 aliphatic heterocycles. The molecule has 0 saturated carbocycles. The Kier molecular flexibility index (Phi) is 5.88. The first-order chi connectivity index (χ1) is 11.4. The maximum absolute atomic E-state index is 12.1. The molecule has 0 unspecified atom stereocenters. The van der Waals surface area contributed by atoms with Gasteiger partial charge in [-0.1, -0.05) is 0 Å². The van der Waals surface area contributed by atoms with E-state index in [9.17, 15) is 19.2 Å². The van der Waals surface area contributed by atoms with Crippen molar-refractivity contribution in [2.24, 2.45) is 0 Å². The van der Waals surface area contributed by atoms with Gasteiger partial charge in [0, 0.05) is 18.4 Å². The van der Waals surface area contributed by atoms with Gasteiger partial charge in [-0.3, -0.25) is 19.1 Å². The van der Waals surface area contributed by atoms with E-state index in [0.29, 0.717) is 18.6 Å². The first kappa shape index (κ1) is 17.9. The van der Waals surface area contributed by atoms with Gasteiger partial charge in [0.05, 0.1) is 18.8 Å². The molecule has 3 N–H and O–H groups in total. The minimum absolute atomic E-state index is 0.190. The van der Waals surface area contributed by atoms with Crippen LogP contribution in [0.2, 0.25) is 0 Å². The number of hydrogen-bond donors (Lipinski definition) is 3. The molecule has 1 amide bonds. The topological polar surface area (TPSA) is 140 Å². The number of aliphatic carboxylic acids is 1. The highest BCUT2D eigenvalue weighted by Crippen LogP contribution is 2.12. The van der Waals surface area contributed by atoms with Crippen molar-refractivity contribution >= 4 is 11.9 Å². The molecule has 0 spiro atoms. The van der Waals surface area contributed by atoms with Gasteiger partial charge in [-0.15, -0.1) is 0 Å². The van der Waals surface area contributed by atoms with E-state index < -0.39 is 41.9 Å². The van der Waals surface area contributed by atoms with Crippen LogP contribution in [0.5, 0.6) is 0 Å². The lowest BCUT2D eigenvalue weighted by Gasteiger charge is -2.31. The molecular formula is C14H19N3O7. The standard InChI is InChI=1S/C14H19N3O7/c1-8-4-17(14(22)16-13(8)21)5-11(18)15-9-6-23-3-2-10(9)24-7-12(19)20/h4,9-10H,2-3,5-7H2,1H3,(H,15,18)(H,19,20)(H,16,21,22)/t9-,10+/m1/s1. The van der Waals surface area contributed by atoms with Crippen molar-refractivity contribution in [1.29, 1.82) is 0 Å². The number of H-pyrrole nitrogens is 1. The molecule has 0 bridgehead atoms. The number of carboxylic acids is 1. The van der Waals surface area contributed by atoms with Gasteiger partial charge in [0.15, 0.2) is 0 Å². The van der Waals surface area contributed by atoms with Crippen LogP contribution in [-0.2, 0) is 25.6 Å². The largest absolute Gasteiger partial charge is 0.480 e. The maximum Gasteiger partial charge on any atom is 0.329 e. The Bertz CT molecular complexity index is 724. The van der Waals surface area contributed by atoms with Crippen LogP contribution in [0.4, 0.5) is 0 Å². The van der Waals surface area contributed by atoms with Gasteiger partial charge in [0.25, 0.3) is 5.56 Å². The second kappa shape index (κ2) is 7.88. The fraction of sp³-hybridized carbons (Fsp3) is 0.571. The smallest absolute Gasteiger partial charge is 0.329 e. The summed E-state index contributed by atoms with van der Waals surface area (Å²) in [5.74, 6) is -1.56. The Morgan fingerprint density at radius 3 is 2.96 bits per heavy atom. The number of carboxylic acid groups (broad SMARTS) is 1. The molecule has 2 rings (SSSR count). The third-order valence-electron chi connectivity index (χ3n) is 3.56. The average molecular weight is 341 g/mol. The summed E-state index contributed by atoms with van der Waals surface area (Å²) in [7, 11) is 0. The number of aromatic amines is 1. The molecular weight excluding hydrogens is 322 g/mol. The predicted octanol–water partition coefficient (Wildman–Crippen LogP) is -1.78. The van der Waals surface area contributed by atoms with Gasteiger partial charge >= 0.3 is 11.7 Å². The van der Waals surface area contributed by atoms with Gasteiger partial charge in [0.1, 0.15) is 13.2 Å². The Hall–Kier alpha value is -2.46. The minimum atomic E-state index is -1.10. The van der Waals surface area contributed by atoms with E-state index in [0.717, 1.165) is 4.57 Å². The highest BCUT2D eigenvalue weighted by atomic mass is 16.5. The second-order valence-corrected chi connectivity index (χ2v) is 5.48. The lowest BCUT2D eigenvalue weighted by atomic mass is 10.1. The van der Waals surface area contributed by atoms with Crippen molar-refractivity contribution in [3.63, 3.8) is 0 Å². The van der Waals surface area contributed by atoms with Crippen LogP contribution in [0.15, 0.2) is 15.8 Å². The lowest BCUT2D eigenvalue weighted by Crippen LogP contribution is -2.52. The number of nitrogens with one attached hydrogen (secondary N) is 2. The first-order valence-corrected chi connectivity index (χ1v) is 7.37. The molecule has 1 saturated heterocycles. The van der Waals surface area contributed by atoms with Crippen molar-refractivity contribution in [3.8, 4) is 0 Å². The minimum Gasteiger partial charge on any atom is -0.480 e. The molecule has 0 radical (unpaired) electrons. The van der Waals surface area contributed by atoms with E-state index in [4.69, 9.17) is 14.6 Å². The van der Waals surface area contributed by atoms with E-state index in [2.05, 4.69) is 10.3 Å². The van der Waals surface area contributed by atoms with E-state index in [-0.39, 0.29) is 13.2 Å². The van der Waals surface area contributed by atoms with Crippen LogP contribution < -0.4 is 16.6 Å². The summed E-state index contributed by atoms with van der Waals surface area (Å²) >= 11 is 0. The van der Waals surface area contributed by atoms with Crippen LogP contribution in [0, 0.1) is 6.92 Å². The second-order valence-electron chi connectivity index (χ2n) is 5.48. The normalized spacial score (nSPS) is 20.5. The fourth-order valence-corrected chi connectivity index (χ4v) is 2.37. The molecule has 1 aromatic heterocycles. The van der Waals surface area contributed by atoms with Gasteiger partial charge < -0.3 is 19.9 Å². The molecule has 10 heteroatoms. The molecule has 0 aromatic carbocycles. The lowest BCUT2D eigenvalue weighted by molar-refractivity contribution is -0.148.